The molecule has 2 aromatic heterocycles. The summed E-state index contributed by atoms with van der Waals surface area (Å²) in [7, 11) is -5.17. The van der Waals surface area contributed by atoms with Crippen molar-refractivity contribution in [3.63, 3.8) is 0 Å². The number of nitrogens with zero attached hydrogens (tertiary/aromatic N) is 3. The fourth-order valence-electron chi connectivity index (χ4n) is 3.86. The SMILES string of the molecule is CCO.O=S(=O)([O-])[O-].[Ni+3].[OH3+].[OH3+].c1ccc(CN(Cc2ccc3ccccc3n2)Cc2ccc3ccccc3n2)cc1. The van der Waals surface area contributed by atoms with Crippen LogP contribution < -0.4 is 0 Å². The summed E-state index contributed by atoms with van der Waals surface area (Å²) < 4.78 is 34.1. The Balaban J connectivity index is 0.00000130. The van der Waals surface area contributed by atoms with Crippen molar-refractivity contribution in [2.45, 2.75) is 26.6 Å². The van der Waals surface area contributed by atoms with E-state index >= 15 is 0 Å². The molecule has 5 rings (SSSR count). The molecule has 10 nitrogen and oxygen atoms in total. The number of para-hydroxylation sites is 2. The van der Waals surface area contributed by atoms with Crippen molar-refractivity contribution in [2.24, 2.45) is 0 Å². The van der Waals surface area contributed by atoms with Crippen LogP contribution in [0.5, 0.6) is 0 Å². The Kier molecular flexibility index (Phi) is 17.4. The van der Waals surface area contributed by atoms with Crippen molar-refractivity contribution in [1.82, 2.24) is 14.9 Å². The summed E-state index contributed by atoms with van der Waals surface area (Å²) >= 11 is 0. The van der Waals surface area contributed by atoms with E-state index in [2.05, 4.69) is 95.9 Å². The third kappa shape index (κ3) is 13.7. The predicted molar refractivity (Wildman–Crippen MR) is 156 cm³/mol. The van der Waals surface area contributed by atoms with Gasteiger partial charge < -0.3 is 25.2 Å². The van der Waals surface area contributed by atoms with Crippen LogP contribution in [0.2, 0.25) is 0 Å². The second-order valence-corrected chi connectivity index (χ2v) is 9.16. The molecule has 0 atom stereocenters. The average molecular weight is 628 g/mol. The summed E-state index contributed by atoms with van der Waals surface area (Å²) in [5.74, 6) is 0. The maximum atomic E-state index is 8.52. The van der Waals surface area contributed by atoms with Gasteiger partial charge in [0, 0.05) is 47.4 Å². The monoisotopic (exact) mass is 627 g/mol. The number of benzene rings is 3. The molecular formula is C29H35N3NiO7S+3. The Labute approximate surface area is 249 Å². The van der Waals surface area contributed by atoms with E-state index in [1.54, 1.807) is 6.92 Å². The molecule has 12 heteroatoms. The van der Waals surface area contributed by atoms with Crippen molar-refractivity contribution >= 4 is 32.2 Å². The second-order valence-electron chi connectivity index (χ2n) is 8.35. The maximum Gasteiger partial charge on any atom is 3.00 e. The minimum absolute atomic E-state index is 0. The molecule has 41 heavy (non-hydrogen) atoms. The number of rotatable bonds is 6. The Bertz CT molecular complexity index is 1470. The van der Waals surface area contributed by atoms with Gasteiger partial charge in [-0.1, -0.05) is 78.9 Å². The van der Waals surface area contributed by atoms with Gasteiger partial charge in [-0.2, -0.15) is 0 Å². The molecule has 0 unspecified atom stereocenters. The smallest absolute Gasteiger partial charge is 0.759 e. The van der Waals surface area contributed by atoms with Crippen molar-refractivity contribution in [2.75, 3.05) is 6.61 Å². The minimum atomic E-state index is -5.17. The molecule has 221 valence electrons. The van der Waals surface area contributed by atoms with Crippen molar-refractivity contribution in [3.05, 3.63) is 120 Å². The molecular weight excluding hydrogens is 593 g/mol. The van der Waals surface area contributed by atoms with Gasteiger partial charge in [-0.25, -0.2) is 0 Å². The Morgan fingerprint density at radius 3 is 1.44 bits per heavy atom. The van der Waals surface area contributed by atoms with Gasteiger partial charge in [-0.05, 0) is 36.8 Å². The van der Waals surface area contributed by atoms with Crippen LogP contribution in [0.25, 0.3) is 21.8 Å². The first-order valence-corrected chi connectivity index (χ1v) is 13.3. The molecule has 0 aliphatic carbocycles. The van der Waals surface area contributed by atoms with Crippen LogP contribution in [0.15, 0.2) is 103 Å². The number of pyridine rings is 2. The summed E-state index contributed by atoms with van der Waals surface area (Å²) in [5.41, 5.74) is 5.52. The van der Waals surface area contributed by atoms with E-state index in [1.165, 1.54) is 16.3 Å². The van der Waals surface area contributed by atoms with Gasteiger partial charge in [-0.15, -0.1) is 0 Å². The molecule has 0 saturated heterocycles. The number of aliphatic hydroxyl groups is 1. The van der Waals surface area contributed by atoms with Crippen LogP contribution in [0.3, 0.4) is 0 Å². The van der Waals surface area contributed by atoms with E-state index < -0.39 is 10.4 Å². The number of aromatic nitrogens is 2. The van der Waals surface area contributed by atoms with E-state index in [0.29, 0.717) is 0 Å². The number of aliphatic hydroxyl groups excluding tert-OH is 1. The van der Waals surface area contributed by atoms with Gasteiger partial charge in [0.1, 0.15) is 0 Å². The fraction of sp³-hybridized carbons (Fsp3) is 0.172. The van der Waals surface area contributed by atoms with Gasteiger partial charge in [0.15, 0.2) is 0 Å². The maximum absolute atomic E-state index is 8.52. The molecule has 5 aromatic rings. The molecule has 1 radical (unpaired) electrons. The normalized spacial score (nSPS) is 10.2. The van der Waals surface area contributed by atoms with Crippen LogP contribution in [0.1, 0.15) is 23.9 Å². The molecule has 2 heterocycles. The van der Waals surface area contributed by atoms with Crippen molar-refractivity contribution in [1.29, 1.82) is 0 Å². The van der Waals surface area contributed by atoms with Crippen molar-refractivity contribution in [3.8, 4) is 0 Å². The standard InChI is InChI=1S/C27H23N3.C2H6O.Ni.H2O4S.2H2O/c1-2-8-21(9-3-1)18-30(19-24-16-14-22-10-4-6-12-26(22)28-24)20-25-17-15-23-11-5-7-13-27(23)29-25;1-2-3;;1-5(2,3)4;;/h1-17H,18-20H2;3H,2H2,1H3;;(H2,1,2,3,4);2*1H2/q;;+3;;;. The van der Waals surface area contributed by atoms with E-state index in [-0.39, 0.29) is 34.1 Å². The zero-order valence-corrected chi connectivity index (χ0v) is 24.2. The molecule has 0 amide bonds. The second kappa shape index (κ2) is 18.9. The first-order valence-electron chi connectivity index (χ1n) is 12.0. The molecule has 0 bridgehead atoms. The molecule has 0 aliphatic rings. The Morgan fingerprint density at radius 2 is 1.02 bits per heavy atom. The molecule has 0 fully saturated rings. The van der Waals surface area contributed by atoms with Gasteiger partial charge in [0.05, 0.1) is 22.4 Å². The Hall–Kier alpha value is -3.32. The van der Waals surface area contributed by atoms with Gasteiger partial charge in [-0.3, -0.25) is 23.3 Å². The third-order valence-corrected chi connectivity index (χ3v) is 5.33. The largest absolute Gasteiger partial charge is 3.00 e. The van der Waals surface area contributed by atoms with Crippen LogP contribution >= 0.6 is 0 Å². The van der Waals surface area contributed by atoms with Crippen LogP contribution in [0.4, 0.5) is 0 Å². The summed E-state index contributed by atoms with van der Waals surface area (Å²) in [6, 6.07) is 35.7. The number of hydrogen-bond acceptors (Lipinski definition) is 8. The predicted octanol–water partition coefficient (Wildman–Crippen LogP) is 2.80. The summed E-state index contributed by atoms with van der Waals surface area (Å²) in [5, 5.41) is 9.92. The van der Waals surface area contributed by atoms with E-state index in [4.69, 9.17) is 32.6 Å². The van der Waals surface area contributed by atoms with Crippen molar-refractivity contribution < 1.29 is 50.1 Å². The van der Waals surface area contributed by atoms with Gasteiger partial charge in [0.2, 0.25) is 0 Å². The molecule has 0 spiro atoms. The van der Waals surface area contributed by atoms with E-state index in [1.807, 2.05) is 12.1 Å². The summed E-state index contributed by atoms with van der Waals surface area (Å²) in [6.07, 6.45) is 0. The van der Waals surface area contributed by atoms with Crippen LogP contribution in [-0.4, -0.2) is 44.1 Å². The summed E-state index contributed by atoms with van der Waals surface area (Å²) in [6.45, 7) is 4.33. The number of fused-ring (bicyclic) bond motifs is 2. The number of hydrogen-bond donors (Lipinski definition) is 1. The van der Waals surface area contributed by atoms with Gasteiger partial charge >= 0.3 is 16.5 Å². The average Bonchev–Trinajstić information content (AvgIpc) is 2.89. The zero-order chi connectivity index (χ0) is 27.4. The van der Waals surface area contributed by atoms with E-state index in [9.17, 15) is 0 Å². The quantitative estimate of drug-likeness (QED) is 0.128. The minimum Gasteiger partial charge on any atom is -0.759 e. The summed E-state index contributed by atoms with van der Waals surface area (Å²) in [4.78, 5) is 12.2. The van der Waals surface area contributed by atoms with E-state index in [0.717, 1.165) is 42.1 Å². The zero-order valence-electron chi connectivity index (χ0n) is 22.4. The Morgan fingerprint density at radius 1 is 0.659 bits per heavy atom. The molecule has 0 aliphatic heterocycles. The molecule has 0 saturated carbocycles. The molecule has 3 aromatic carbocycles. The first kappa shape index (κ1) is 37.7. The first-order chi connectivity index (χ1) is 18.2. The fourth-order valence-corrected chi connectivity index (χ4v) is 3.86. The van der Waals surface area contributed by atoms with Gasteiger partial charge in [0.25, 0.3) is 0 Å². The van der Waals surface area contributed by atoms with Crippen LogP contribution in [-0.2, 0) is 57.5 Å². The third-order valence-electron chi connectivity index (χ3n) is 5.33. The van der Waals surface area contributed by atoms with Crippen LogP contribution in [0, 0.1) is 0 Å². The molecule has 7 N–H and O–H groups in total. The topological polar surface area (TPSA) is 196 Å².